The number of Topliss-reactive ketones (excluding diaryl/α,β-unsaturated/α-hetero) is 1. The molecule has 0 saturated carbocycles. The molecule has 0 atom stereocenters. The highest BCUT2D eigenvalue weighted by atomic mass is 32.2. The summed E-state index contributed by atoms with van der Waals surface area (Å²) in [6.07, 6.45) is 1.63. The second-order valence-corrected chi connectivity index (χ2v) is 5.48. The van der Waals surface area contributed by atoms with Crippen LogP contribution in [0.1, 0.15) is 17.3 Å². The molecule has 0 fully saturated rings. The number of fused-ring (bicyclic) bond motifs is 1. The number of aromatic amines is 1. The van der Waals surface area contributed by atoms with E-state index in [1.165, 1.54) is 18.7 Å². The number of aromatic nitrogens is 3. The molecule has 5 nitrogen and oxygen atoms in total. The summed E-state index contributed by atoms with van der Waals surface area (Å²) in [6, 6.07) is 9.13. The molecule has 3 rings (SSSR count). The van der Waals surface area contributed by atoms with Crippen LogP contribution in [0.5, 0.6) is 5.75 Å². The van der Waals surface area contributed by atoms with E-state index in [0.717, 1.165) is 27.0 Å². The van der Waals surface area contributed by atoms with Gasteiger partial charge >= 0.3 is 0 Å². The Labute approximate surface area is 125 Å². The predicted molar refractivity (Wildman–Crippen MR) is 81.0 cm³/mol. The molecule has 0 amide bonds. The maximum Gasteiger partial charge on any atom is 0.172 e. The summed E-state index contributed by atoms with van der Waals surface area (Å²) in [7, 11) is 1.63. The normalized spacial score (nSPS) is 10.8. The lowest BCUT2D eigenvalue weighted by Gasteiger charge is -1.99. The standard InChI is InChI=1S/C15H13N3O2S/c1-9(19)10-5-6-16-14(7-10)21-15-17-12-4-3-11(20-2)8-13(12)18-15/h3-8H,1-2H3,(H,17,18). The maximum atomic E-state index is 11.4. The number of benzene rings is 1. The monoisotopic (exact) mass is 299 g/mol. The van der Waals surface area contributed by atoms with Crippen LogP contribution in [0.2, 0.25) is 0 Å². The van der Waals surface area contributed by atoms with Gasteiger partial charge in [-0.25, -0.2) is 9.97 Å². The number of ketones is 1. The number of ether oxygens (including phenoxy) is 1. The Morgan fingerprint density at radius 1 is 1.29 bits per heavy atom. The number of hydrogen-bond donors (Lipinski definition) is 1. The van der Waals surface area contributed by atoms with E-state index in [2.05, 4.69) is 15.0 Å². The van der Waals surface area contributed by atoms with Crippen molar-refractivity contribution in [1.82, 2.24) is 15.0 Å². The highest BCUT2D eigenvalue weighted by Gasteiger charge is 2.08. The summed E-state index contributed by atoms with van der Waals surface area (Å²) in [5, 5.41) is 1.46. The fourth-order valence-corrected chi connectivity index (χ4v) is 2.73. The number of imidazole rings is 1. The minimum Gasteiger partial charge on any atom is -0.497 e. The average Bonchev–Trinajstić information content (AvgIpc) is 2.88. The van der Waals surface area contributed by atoms with Gasteiger partial charge in [-0.1, -0.05) is 0 Å². The average molecular weight is 299 g/mol. The first-order chi connectivity index (χ1) is 10.2. The smallest absolute Gasteiger partial charge is 0.172 e. The third kappa shape index (κ3) is 2.90. The van der Waals surface area contributed by atoms with Crippen molar-refractivity contribution in [2.45, 2.75) is 17.1 Å². The van der Waals surface area contributed by atoms with Crippen LogP contribution in [0, 0.1) is 0 Å². The van der Waals surface area contributed by atoms with Gasteiger partial charge in [0.25, 0.3) is 0 Å². The summed E-state index contributed by atoms with van der Waals surface area (Å²) >= 11 is 1.39. The van der Waals surface area contributed by atoms with E-state index in [9.17, 15) is 4.79 Å². The van der Waals surface area contributed by atoms with Gasteiger partial charge in [-0.3, -0.25) is 4.79 Å². The maximum absolute atomic E-state index is 11.4. The summed E-state index contributed by atoms with van der Waals surface area (Å²) in [5.74, 6) is 0.799. The summed E-state index contributed by atoms with van der Waals surface area (Å²) in [4.78, 5) is 23.3. The van der Waals surface area contributed by atoms with Crippen molar-refractivity contribution in [3.05, 3.63) is 42.1 Å². The van der Waals surface area contributed by atoms with Gasteiger partial charge in [0.2, 0.25) is 0 Å². The van der Waals surface area contributed by atoms with Crippen LogP contribution in [0.4, 0.5) is 0 Å². The van der Waals surface area contributed by atoms with E-state index < -0.39 is 0 Å². The first kappa shape index (κ1) is 13.6. The zero-order valence-electron chi connectivity index (χ0n) is 11.6. The Bertz CT molecular complexity index is 814. The fraction of sp³-hybridized carbons (Fsp3) is 0.133. The van der Waals surface area contributed by atoms with Crippen LogP contribution < -0.4 is 4.74 Å². The minimum absolute atomic E-state index is 0.0218. The number of hydrogen-bond acceptors (Lipinski definition) is 5. The van der Waals surface area contributed by atoms with E-state index >= 15 is 0 Å². The van der Waals surface area contributed by atoms with Gasteiger partial charge in [0.1, 0.15) is 10.8 Å². The van der Waals surface area contributed by atoms with Crippen molar-refractivity contribution in [3.63, 3.8) is 0 Å². The zero-order chi connectivity index (χ0) is 14.8. The van der Waals surface area contributed by atoms with Gasteiger partial charge < -0.3 is 9.72 Å². The van der Waals surface area contributed by atoms with Gasteiger partial charge in [0.05, 0.1) is 18.1 Å². The second kappa shape index (κ2) is 5.57. The third-order valence-electron chi connectivity index (χ3n) is 3.01. The summed E-state index contributed by atoms with van der Waals surface area (Å²) < 4.78 is 5.19. The lowest BCUT2D eigenvalue weighted by Crippen LogP contribution is -1.93. The molecule has 6 heteroatoms. The van der Waals surface area contributed by atoms with Crippen LogP contribution in [0.15, 0.2) is 46.7 Å². The first-order valence-corrected chi connectivity index (χ1v) is 7.16. The van der Waals surface area contributed by atoms with Crippen molar-refractivity contribution in [3.8, 4) is 5.75 Å². The third-order valence-corrected chi connectivity index (χ3v) is 3.83. The van der Waals surface area contributed by atoms with E-state index in [1.807, 2.05) is 18.2 Å². The first-order valence-electron chi connectivity index (χ1n) is 6.34. The van der Waals surface area contributed by atoms with Crippen LogP contribution >= 0.6 is 11.8 Å². The van der Waals surface area contributed by atoms with E-state index in [-0.39, 0.29) is 5.78 Å². The Morgan fingerprint density at radius 3 is 2.90 bits per heavy atom. The molecular weight excluding hydrogens is 286 g/mol. The lowest BCUT2D eigenvalue weighted by molar-refractivity contribution is 0.101. The molecule has 0 saturated heterocycles. The molecule has 1 N–H and O–H groups in total. The molecule has 21 heavy (non-hydrogen) atoms. The van der Waals surface area contributed by atoms with Gasteiger partial charge in [0.15, 0.2) is 10.9 Å². The predicted octanol–water partition coefficient (Wildman–Crippen LogP) is 3.32. The van der Waals surface area contributed by atoms with E-state index in [4.69, 9.17) is 4.74 Å². The van der Waals surface area contributed by atoms with Crippen LogP contribution in [0.3, 0.4) is 0 Å². The molecule has 3 aromatic rings. The highest BCUT2D eigenvalue weighted by molar-refractivity contribution is 7.99. The van der Waals surface area contributed by atoms with E-state index in [1.54, 1.807) is 25.4 Å². The molecule has 0 bridgehead atoms. The second-order valence-electron chi connectivity index (χ2n) is 4.47. The SMILES string of the molecule is COc1ccc2nc(Sc3cc(C(C)=O)ccn3)[nH]c2c1. The number of nitrogens with zero attached hydrogens (tertiary/aromatic N) is 2. The number of nitrogens with one attached hydrogen (secondary N) is 1. The molecule has 2 aromatic heterocycles. The molecule has 0 spiro atoms. The fourth-order valence-electron chi connectivity index (χ4n) is 1.92. The van der Waals surface area contributed by atoms with Gasteiger partial charge in [-0.05, 0) is 43.0 Å². The topological polar surface area (TPSA) is 67.9 Å². The van der Waals surface area contributed by atoms with Crippen LogP contribution in [-0.2, 0) is 0 Å². The number of carbonyl (C=O) groups is 1. The molecule has 0 unspecified atom stereocenters. The Morgan fingerprint density at radius 2 is 2.14 bits per heavy atom. The molecule has 0 radical (unpaired) electrons. The highest BCUT2D eigenvalue weighted by Crippen LogP contribution is 2.27. The molecular formula is C15H13N3O2S. The number of carbonyl (C=O) groups excluding carboxylic acids is 1. The summed E-state index contributed by atoms with van der Waals surface area (Å²) in [6.45, 7) is 1.54. The Balaban J connectivity index is 1.91. The van der Waals surface area contributed by atoms with Gasteiger partial charge in [0, 0.05) is 17.8 Å². The minimum atomic E-state index is 0.0218. The number of pyridine rings is 1. The van der Waals surface area contributed by atoms with Gasteiger partial charge in [-0.15, -0.1) is 0 Å². The zero-order valence-corrected chi connectivity index (χ0v) is 12.4. The van der Waals surface area contributed by atoms with Crippen molar-refractivity contribution in [2.24, 2.45) is 0 Å². The van der Waals surface area contributed by atoms with Gasteiger partial charge in [-0.2, -0.15) is 0 Å². The number of H-pyrrole nitrogens is 1. The van der Waals surface area contributed by atoms with E-state index in [0.29, 0.717) is 5.56 Å². The molecule has 0 aliphatic carbocycles. The van der Waals surface area contributed by atoms with Crippen molar-refractivity contribution < 1.29 is 9.53 Å². The largest absolute Gasteiger partial charge is 0.497 e. The molecule has 2 heterocycles. The molecule has 0 aliphatic rings. The number of methoxy groups -OCH3 is 1. The molecule has 1 aromatic carbocycles. The van der Waals surface area contributed by atoms with Crippen molar-refractivity contribution >= 4 is 28.6 Å². The van der Waals surface area contributed by atoms with Crippen molar-refractivity contribution in [2.75, 3.05) is 7.11 Å². The lowest BCUT2D eigenvalue weighted by atomic mass is 10.2. The summed E-state index contributed by atoms with van der Waals surface area (Å²) in [5.41, 5.74) is 2.41. The number of rotatable bonds is 4. The van der Waals surface area contributed by atoms with Crippen molar-refractivity contribution in [1.29, 1.82) is 0 Å². The molecule has 106 valence electrons. The quantitative estimate of drug-likeness (QED) is 0.748. The molecule has 0 aliphatic heterocycles. The Kier molecular flexibility index (Phi) is 3.62. The van der Waals surface area contributed by atoms with Crippen LogP contribution in [0.25, 0.3) is 11.0 Å². The Hall–Kier alpha value is -2.34. The van der Waals surface area contributed by atoms with Crippen LogP contribution in [-0.4, -0.2) is 27.8 Å².